The zero-order valence-corrected chi connectivity index (χ0v) is 19.1. The predicted molar refractivity (Wildman–Crippen MR) is 123 cm³/mol. The van der Waals surface area contributed by atoms with Gasteiger partial charge in [-0.05, 0) is 41.5 Å². The second-order valence-corrected chi connectivity index (χ2v) is 9.88. The molecule has 1 aliphatic carbocycles. The molecule has 1 saturated heterocycles. The summed E-state index contributed by atoms with van der Waals surface area (Å²) in [5.41, 5.74) is 4.10. The quantitative estimate of drug-likeness (QED) is 0.663. The van der Waals surface area contributed by atoms with Crippen molar-refractivity contribution in [1.82, 2.24) is 5.32 Å². The molecule has 0 radical (unpaired) electrons. The van der Waals surface area contributed by atoms with Crippen LogP contribution in [0, 0.1) is 5.41 Å². The van der Waals surface area contributed by atoms with E-state index in [0.29, 0.717) is 13.0 Å². The number of likely N-dealkylation sites (tertiary alicyclic amines) is 1. The average Bonchev–Trinajstić information content (AvgIpc) is 3.09. The number of piperidine rings is 1. The summed E-state index contributed by atoms with van der Waals surface area (Å²) < 4.78 is 6.39. The van der Waals surface area contributed by atoms with Crippen molar-refractivity contribution in [3.63, 3.8) is 0 Å². The smallest absolute Gasteiger partial charge is 0.407 e. The summed E-state index contributed by atoms with van der Waals surface area (Å²) in [5, 5.41) is 12.7. The van der Waals surface area contributed by atoms with E-state index in [1.54, 1.807) is 0 Å². The number of carboxylic acids is 1. The molecule has 2 aliphatic rings. The van der Waals surface area contributed by atoms with Crippen molar-refractivity contribution < 1.29 is 23.9 Å². The highest BCUT2D eigenvalue weighted by Gasteiger charge is 2.49. The van der Waals surface area contributed by atoms with Gasteiger partial charge in [0.05, 0.1) is 32.6 Å². The topological polar surface area (TPSA) is 75.6 Å². The number of hydrogen-bond acceptors (Lipinski definition) is 3. The lowest BCUT2D eigenvalue weighted by atomic mass is 9.71. The average molecular weight is 438 g/mol. The zero-order valence-electron chi connectivity index (χ0n) is 19.1. The molecule has 0 unspecified atom stereocenters. The molecule has 1 heterocycles. The standard InChI is InChI=1S/C26H32N2O4/c1-4-26(14-9-15-28(2,3)17-26)23(24(29)30)27-25(31)32-16-22-20-12-7-5-10-18(20)19-11-6-8-13-21(19)22/h5-8,10-13,22-23H,4,9,14-17H2,1-3H3,(H-,27,29,30,31)/p+1/t23-,26+/m0/s1. The monoisotopic (exact) mass is 437 g/mol. The summed E-state index contributed by atoms with van der Waals surface area (Å²) in [4.78, 5) is 25.0. The molecule has 2 N–H and O–H groups in total. The molecule has 0 saturated carbocycles. The first-order valence-electron chi connectivity index (χ1n) is 11.4. The Kier molecular flexibility index (Phi) is 5.99. The van der Waals surface area contributed by atoms with Crippen LogP contribution in [-0.2, 0) is 9.53 Å². The molecule has 1 amide bonds. The number of nitrogens with one attached hydrogen (secondary N) is 1. The van der Waals surface area contributed by atoms with Gasteiger partial charge < -0.3 is 19.6 Å². The van der Waals surface area contributed by atoms with E-state index < -0.39 is 23.5 Å². The van der Waals surface area contributed by atoms with Crippen LogP contribution in [0.1, 0.15) is 43.2 Å². The van der Waals surface area contributed by atoms with Crippen LogP contribution in [0.5, 0.6) is 0 Å². The van der Waals surface area contributed by atoms with E-state index in [4.69, 9.17) is 4.74 Å². The molecule has 2 aromatic rings. The highest BCUT2D eigenvalue weighted by Crippen LogP contribution is 2.44. The van der Waals surface area contributed by atoms with Gasteiger partial charge in [0.15, 0.2) is 0 Å². The van der Waals surface area contributed by atoms with Gasteiger partial charge in [0.1, 0.15) is 12.6 Å². The fourth-order valence-corrected chi connectivity index (χ4v) is 5.83. The molecule has 0 spiro atoms. The summed E-state index contributed by atoms with van der Waals surface area (Å²) >= 11 is 0. The summed E-state index contributed by atoms with van der Waals surface area (Å²) in [6.45, 7) is 3.91. The van der Waals surface area contributed by atoms with Gasteiger partial charge in [0, 0.05) is 5.92 Å². The predicted octanol–water partition coefficient (Wildman–Crippen LogP) is 4.24. The molecule has 6 nitrogen and oxygen atoms in total. The maximum absolute atomic E-state index is 12.8. The van der Waals surface area contributed by atoms with Crippen LogP contribution in [-0.4, -0.2) is 61.5 Å². The minimum Gasteiger partial charge on any atom is -0.480 e. The SMILES string of the molecule is CC[C@@]1([C@@H](NC(=O)OCC2c3ccccc3-c3ccccc32)C(=O)O)CCC[N+](C)(C)C1. The lowest BCUT2D eigenvalue weighted by molar-refractivity contribution is -0.903. The number of hydrogen-bond donors (Lipinski definition) is 2. The van der Waals surface area contributed by atoms with E-state index in [1.807, 2.05) is 31.2 Å². The Hall–Kier alpha value is -2.86. The molecule has 2 atom stereocenters. The van der Waals surface area contributed by atoms with Crippen LogP contribution in [0.4, 0.5) is 4.79 Å². The lowest BCUT2D eigenvalue weighted by Gasteiger charge is -2.48. The van der Waals surface area contributed by atoms with Crippen molar-refractivity contribution in [2.75, 3.05) is 33.8 Å². The number of ether oxygens (including phenoxy) is 1. The van der Waals surface area contributed by atoms with E-state index >= 15 is 0 Å². The van der Waals surface area contributed by atoms with Crippen LogP contribution >= 0.6 is 0 Å². The van der Waals surface area contributed by atoms with E-state index in [-0.39, 0.29) is 12.5 Å². The molecule has 1 aliphatic heterocycles. The summed E-state index contributed by atoms with van der Waals surface area (Å²) in [5.74, 6) is -1.05. The Balaban J connectivity index is 1.49. The Bertz CT molecular complexity index is 973. The van der Waals surface area contributed by atoms with E-state index in [9.17, 15) is 14.7 Å². The molecule has 4 rings (SSSR count). The van der Waals surface area contributed by atoms with Gasteiger partial charge in [-0.1, -0.05) is 55.5 Å². The molecule has 0 bridgehead atoms. The third-order valence-electron chi connectivity index (χ3n) is 7.35. The third kappa shape index (κ3) is 4.11. The van der Waals surface area contributed by atoms with Gasteiger partial charge in [-0.15, -0.1) is 0 Å². The second kappa shape index (κ2) is 8.58. The largest absolute Gasteiger partial charge is 0.480 e. The zero-order chi connectivity index (χ0) is 22.9. The number of benzene rings is 2. The van der Waals surface area contributed by atoms with Crippen LogP contribution in [0.15, 0.2) is 48.5 Å². The molecule has 170 valence electrons. The lowest BCUT2D eigenvalue weighted by Crippen LogP contribution is -2.62. The number of nitrogens with zero attached hydrogens (tertiary/aromatic N) is 1. The molecule has 0 aromatic heterocycles. The van der Waals surface area contributed by atoms with Crippen molar-refractivity contribution in [3.05, 3.63) is 59.7 Å². The van der Waals surface area contributed by atoms with Crippen molar-refractivity contribution in [2.24, 2.45) is 5.41 Å². The molecule has 6 heteroatoms. The third-order valence-corrected chi connectivity index (χ3v) is 7.35. The molecular formula is C26H33N2O4+. The first-order chi connectivity index (χ1) is 15.3. The number of quaternary nitrogens is 1. The molecule has 1 fully saturated rings. The number of amides is 1. The van der Waals surface area contributed by atoms with Crippen LogP contribution < -0.4 is 5.32 Å². The van der Waals surface area contributed by atoms with Gasteiger partial charge >= 0.3 is 12.1 Å². The van der Waals surface area contributed by atoms with E-state index in [1.165, 1.54) is 0 Å². The Morgan fingerprint density at radius 2 is 1.72 bits per heavy atom. The first-order valence-corrected chi connectivity index (χ1v) is 11.4. The maximum Gasteiger partial charge on any atom is 0.407 e. The fraction of sp³-hybridized carbons (Fsp3) is 0.462. The fourth-order valence-electron chi connectivity index (χ4n) is 5.83. The molecule has 2 aromatic carbocycles. The van der Waals surface area contributed by atoms with E-state index in [0.717, 1.165) is 46.1 Å². The minimum absolute atomic E-state index is 0.0538. The van der Waals surface area contributed by atoms with Crippen molar-refractivity contribution in [1.29, 1.82) is 0 Å². The maximum atomic E-state index is 12.8. The summed E-state index contributed by atoms with van der Waals surface area (Å²) in [6.07, 6.45) is 1.75. The summed E-state index contributed by atoms with van der Waals surface area (Å²) in [7, 11) is 4.24. The van der Waals surface area contributed by atoms with Gasteiger partial charge in [-0.3, -0.25) is 0 Å². The van der Waals surface area contributed by atoms with Gasteiger partial charge in [-0.2, -0.15) is 0 Å². The molecular weight excluding hydrogens is 404 g/mol. The van der Waals surface area contributed by atoms with Crippen LogP contribution in [0.2, 0.25) is 0 Å². The number of carbonyl (C=O) groups excluding carboxylic acids is 1. The molecule has 32 heavy (non-hydrogen) atoms. The van der Waals surface area contributed by atoms with Crippen molar-refractivity contribution in [2.45, 2.75) is 38.1 Å². The van der Waals surface area contributed by atoms with Gasteiger partial charge in [0.2, 0.25) is 0 Å². The number of rotatable bonds is 6. The van der Waals surface area contributed by atoms with Gasteiger partial charge in [0.25, 0.3) is 0 Å². The second-order valence-electron chi connectivity index (χ2n) is 9.88. The number of fused-ring (bicyclic) bond motifs is 3. The van der Waals surface area contributed by atoms with Gasteiger partial charge in [-0.25, -0.2) is 9.59 Å². The summed E-state index contributed by atoms with van der Waals surface area (Å²) in [6, 6.07) is 15.3. The Morgan fingerprint density at radius 3 is 2.25 bits per heavy atom. The highest BCUT2D eigenvalue weighted by molar-refractivity contribution is 5.81. The number of aliphatic carboxylic acids is 1. The van der Waals surface area contributed by atoms with Crippen LogP contribution in [0.3, 0.4) is 0 Å². The first kappa shape index (κ1) is 22.3. The normalized spacial score (nSPS) is 22.5. The Morgan fingerprint density at radius 1 is 1.12 bits per heavy atom. The van der Waals surface area contributed by atoms with Crippen LogP contribution in [0.25, 0.3) is 11.1 Å². The van der Waals surface area contributed by atoms with Crippen molar-refractivity contribution in [3.8, 4) is 11.1 Å². The van der Waals surface area contributed by atoms with E-state index in [2.05, 4.69) is 43.7 Å². The Labute approximate surface area is 189 Å². The number of alkyl carbamates (subject to hydrolysis) is 1. The van der Waals surface area contributed by atoms with Crippen molar-refractivity contribution >= 4 is 12.1 Å². The minimum atomic E-state index is -0.998. The highest BCUT2D eigenvalue weighted by atomic mass is 16.5. The number of carbonyl (C=O) groups is 2. The number of carboxylic acid groups (broad SMARTS) is 1.